The highest BCUT2D eigenvalue weighted by Gasteiger charge is 2.24. The summed E-state index contributed by atoms with van der Waals surface area (Å²) in [6, 6.07) is 0. The van der Waals surface area contributed by atoms with E-state index in [1.807, 2.05) is 0 Å². The smallest absolute Gasteiger partial charge is 0.306 e. The Bertz CT molecular complexity index is 231. The predicted molar refractivity (Wildman–Crippen MR) is 47.6 cm³/mol. The molecule has 0 saturated carbocycles. The maximum absolute atomic E-state index is 11.2. The van der Waals surface area contributed by atoms with E-state index in [1.54, 1.807) is 0 Å². The van der Waals surface area contributed by atoms with Crippen LogP contribution in [0.25, 0.3) is 0 Å². The lowest BCUT2D eigenvalue weighted by Crippen LogP contribution is -2.48. The number of nitrogens with zero attached hydrogens (tertiary/aromatic N) is 1. The number of hydrogen-bond donors (Lipinski definition) is 2. The molecule has 0 aromatic rings. The molecular weight excluding hydrogens is 188 g/mol. The van der Waals surface area contributed by atoms with Gasteiger partial charge in [0.05, 0.1) is 25.7 Å². The van der Waals surface area contributed by atoms with E-state index in [2.05, 4.69) is 0 Å². The molecule has 80 valence electrons. The SMILES string of the molecule is NCC(=O)N1CCOC(CC(=O)O)C1. The second-order valence-corrected chi connectivity index (χ2v) is 3.13. The van der Waals surface area contributed by atoms with Gasteiger partial charge in [0.25, 0.3) is 0 Å². The summed E-state index contributed by atoms with van der Waals surface area (Å²) in [6.07, 6.45) is -0.481. The van der Waals surface area contributed by atoms with Crippen molar-refractivity contribution in [3.8, 4) is 0 Å². The summed E-state index contributed by atoms with van der Waals surface area (Å²) < 4.78 is 5.20. The Hall–Kier alpha value is -1.14. The van der Waals surface area contributed by atoms with Crippen LogP contribution in [0.1, 0.15) is 6.42 Å². The van der Waals surface area contributed by atoms with Crippen molar-refractivity contribution in [2.45, 2.75) is 12.5 Å². The Labute approximate surface area is 81.6 Å². The number of hydrogen-bond acceptors (Lipinski definition) is 4. The second-order valence-electron chi connectivity index (χ2n) is 3.13. The fraction of sp³-hybridized carbons (Fsp3) is 0.750. The number of carboxylic acids is 1. The molecule has 0 aromatic carbocycles. The van der Waals surface area contributed by atoms with Gasteiger partial charge in [0, 0.05) is 13.1 Å². The van der Waals surface area contributed by atoms with Gasteiger partial charge in [-0.3, -0.25) is 9.59 Å². The van der Waals surface area contributed by atoms with Gasteiger partial charge in [0.1, 0.15) is 0 Å². The number of rotatable bonds is 3. The molecule has 1 fully saturated rings. The fourth-order valence-corrected chi connectivity index (χ4v) is 1.39. The molecule has 6 nitrogen and oxygen atoms in total. The molecule has 1 rings (SSSR count). The minimum absolute atomic E-state index is 0.0419. The average molecular weight is 202 g/mol. The number of amides is 1. The zero-order valence-electron chi connectivity index (χ0n) is 7.81. The average Bonchev–Trinajstić information content (AvgIpc) is 2.16. The monoisotopic (exact) mass is 202 g/mol. The summed E-state index contributed by atoms with van der Waals surface area (Å²) in [6.45, 7) is 1.15. The number of morpholine rings is 1. The van der Waals surface area contributed by atoms with Crippen LogP contribution in [0.3, 0.4) is 0 Å². The molecule has 1 atom stereocenters. The highest BCUT2D eigenvalue weighted by molar-refractivity contribution is 5.78. The maximum atomic E-state index is 11.2. The van der Waals surface area contributed by atoms with Gasteiger partial charge in [-0.05, 0) is 0 Å². The van der Waals surface area contributed by atoms with Crippen LogP contribution in [-0.2, 0) is 14.3 Å². The first-order valence-corrected chi connectivity index (χ1v) is 4.44. The molecule has 1 saturated heterocycles. The van der Waals surface area contributed by atoms with E-state index in [9.17, 15) is 9.59 Å². The second kappa shape index (κ2) is 4.92. The fourth-order valence-electron chi connectivity index (χ4n) is 1.39. The Kier molecular flexibility index (Phi) is 3.84. The van der Waals surface area contributed by atoms with Crippen molar-refractivity contribution in [1.29, 1.82) is 0 Å². The third-order valence-corrected chi connectivity index (χ3v) is 2.07. The van der Waals surface area contributed by atoms with Crippen LogP contribution < -0.4 is 5.73 Å². The van der Waals surface area contributed by atoms with Crippen LogP contribution in [0.5, 0.6) is 0 Å². The van der Waals surface area contributed by atoms with E-state index in [-0.39, 0.29) is 18.9 Å². The van der Waals surface area contributed by atoms with Gasteiger partial charge in [0.2, 0.25) is 5.91 Å². The molecule has 0 bridgehead atoms. The minimum atomic E-state index is -0.919. The van der Waals surface area contributed by atoms with Crippen LogP contribution >= 0.6 is 0 Å². The van der Waals surface area contributed by atoms with Gasteiger partial charge in [-0.2, -0.15) is 0 Å². The minimum Gasteiger partial charge on any atom is -0.481 e. The predicted octanol–water partition coefficient (Wildman–Crippen LogP) is -1.35. The van der Waals surface area contributed by atoms with Crippen molar-refractivity contribution in [2.24, 2.45) is 5.73 Å². The summed E-state index contributed by atoms with van der Waals surface area (Å²) in [5.41, 5.74) is 5.20. The summed E-state index contributed by atoms with van der Waals surface area (Å²) in [7, 11) is 0. The van der Waals surface area contributed by atoms with E-state index >= 15 is 0 Å². The quantitative estimate of drug-likeness (QED) is 0.590. The Morgan fingerprint density at radius 2 is 2.29 bits per heavy atom. The molecule has 6 heteroatoms. The van der Waals surface area contributed by atoms with Crippen molar-refractivity contribution in [1.82, 2.24) is 4.90 Å². The molecule has 1 aliphatic heterocycles. The van der Waals surface area contributed by atoms with Gasteiger partial charge in [-0.15, -0.1) is 0 Å². The lowest BCUT2D eigenvalue weighted by molar-refractivity contribution is -0.147. The molecule has 1 heterocycles. The molecule has 0 aromatic heterocycles. The topological polar surface area (TPSA) is 92.9 Å². The summed E-state index contributed by atoms with van der Waals surface area (Å²) in [5, 5.41) is 8.54. The molecule has 1 unspecified atom stereocenters. The van der Waals surface area contributed by atoms with Gasteiger partial charge in [-0.25, -0.2) is 0 Å². The lowest BCUT2D eigenvalue weighted by atomic mass is 10.2. The summed E-state index contributed by atoms with van der Waals surface area (Å²) in [5.74, 6) is -1.08. The normalized spacial score (nSPS) is 22.1. The summed E-state index contributed by atoms with van der Waals surface area (Å²) >= 11 is 0. The standard InChI is InChI=1S/C8H14N2O4/c9-4-7(11)10-1-2-14-6(5-10)3-8(12)13/h6H,1-5,9H2,(H,12,13). The first-order chi connectivity index (χ1) is 6.63. The van der Waals surface area contributed by atoms with Crippen molar-refractivity contribution < 1.29 is 19.4 Å². The highest BCUT2D eigenvalue weighted by atomic mass is 16.5. The largest absolute Gasteiger partial charge is 0.481 e. The molecule has 0 spiro atoms. The van der Waals surface area contributed by atoms with Crippen LogP contribution in [0, 0.1) is 0 Å². The van der Waals surface area contributed by atoms with Crippen LogP contribution in [0.2, 0.25) is 0 Å². The Morgan fingerprint density at radius 1 is 1.57 bits per heavy atom. The molecule has 0 radical (unpaired) electrons. The number of nitrogens with two attached hydrogens (primary N) is 1. The van der Waals surface area contributed by atoms with E-state index in [0.29, 0.717) is 19.7 Å². The highest BCUT2D eigenvalue weighted by Crippen LogP contribution is 2.08. The van der Waals surface area contributed by atoms with Crippen molar-refractivity contribution in [2.75, 3.05) is 26.2 Å². The van der Waals surface area contributed by atoms with E-state index in [1.165, 1.54) is 4.90 Å². The van der Waals surface area contributed by atoms with E-state index in [0.717, 1.165) is 0 Å². The molecule has 0 aliphatic carbocycles. The number of aliphatic carboxylic acids is 1. The first-order valence-electron chi connectivity index (χ1n) is 4.44. The number of carboxylic acid groups (broad SMARTS) is 1. The number of carbonyl (C=O) groups is 2. The summed E-state index contributed by atoms with van der Waals surface area (Å²) in [4.78, 5) is 23.1. The molecular formula is C8H14N2O4. The zero-order valence-corrected chi connectivity index (χ0v) is 7.81. The third kappa shape index (κ3) is 2.97. The number of carbonyl (C=O) groups excluding carboxylic acids is 1. The van der Waals surface area contributed by atoms with Gasteiger partial charge >= 0.3 is 5.97 Å². The van der Waals surface area contributed by atoms with Gasteiger partial charge in [-0.1, -0.05) is 0 Å². The van der Waals surface area contributed by atoms with Crippen molar-refractivity contribution in [3.63, 3.8) is 0 Å². The third-order valence-electron chi connectivity index (χ3n) is 2.07. The molecule has 14 heavy (non-hydrogen) atoms. The Morgan fingerprint density at radius 3 is 2.86 bits per heavy atom. The molecule has 3 N–H and O–H groups in total. The van der Waals surface area contributed by atoms with Gasteiger partial charge in [0.15, 0.2) is 0 Å². The lowest BCUT2D eigenvalue weighted by Gasteiger charge is -2.32. The van der Waals surface area contributed by atoms with E-state index in [4.69, 9.17) is 15.6 Å². The van der Waals surface area contributed by atoms with Crippen molar-refractivity contribution in [3.05, 3.63) is 0 Å². The maximum Gasteiger partial charge on any atom is 0.306 e. The van der Waals surface area contributed by atoms with Crippen molar-refractivity contribution >= 4 is 11.9 Å². The van der Waals surface area contributed by atoms with Crippen LogP contribution in [0.4, 0.5) is 0 Å². The molecule has 1 amide bonds. The van der Waals surface area contributed by atoms with Crippen LogP contribution in [0.15, 0.2) is 0 Å². The van der Waals surface area contributed by atoms with Gasteiger partial charge < -0.3 is 20.5 Å². The number of ether oxygens (including phenoxy) is 1. The molecule has 1 aliphatic rings. The zero-order chi connectivity index (χ0) is 10.6. The Balaban J connectivity index is 2.43. The van der Waals surface area contributed by atoms with E-state index < -0.39 is 12.1 Å². The van der Waals surface area contributed by atoms with Crippen LogP contribution in [-0.4, -0.2) is 54.2 Å². The first kappa shape index (κ1) is 10.9.